The van der Waals surface area contributed by atoms with Crippen molar-refractivity contribution in [3.05, 3.63) is 0 Å². The van der Waals surface area contributed by atoms with Gasteiger partial charge in [0.1, 0.15) is 9.84 Å². The van der Waals surface area contributed by atoms with Gasteiger partial charge in [-0.25, -0.2) is 8.42 Å². The van der Waals surface area contributed by atoms with Gasteiger partial charge < -0.3 is 14.9 Å². The molecule has 5 nitrogen and oxygen atoms in total. The smallest absolute Gasteiger partial charge is 0.148 e. The molecule has 108 valence electrons. The molecular formula is C12H26N2O3S. The fourth-order valence-electron chi connectivity index (χ4n) is 2.38. The van der Waals surface area contributed by atoms with E-state index >= 15 is 0 Å². The molecule has 1 fully saturated rings. The molecule has 18 heavy (non-hydrogen) atoms. The number of hydrogen-bond donors (Lipinski definition) is 1. The maximum atomic E-state index is 11.1. The Morgan fingerprint density at radius 1 is 1.33 bits per heavy atom. The van der Waals surface area contributed by atoms with Crippen molar-refractivity contribution in [1.29, 1.82) is 0 Å². The molecule has 1 saturated heterocycles. The molecule has 0 aromatic heterocycles. The van der Waals surface area contributed by atoms with E-state index in [2.05, 4.69) is 16.8 Å². The van der Waals surface area contributed by atoms with E-state index in [1.54, 1.807) is 0 Å². The quantitative estimate of drug-likeness (QED) is 0.699. The normalized spacial score (nSPS) is 19.6. The van der Waals surface area contributed by atoms with Gasteiger partial charge in [0.05, 0.1) is 5.75 Å². The highest BCUT2D eigenvalue weighted by Crippen LogP contribution is 2.15. The summed E-state index contributed by atoms with van der Waals surface area (Å²) in [5.41, 5.74) is 0. The number of hydrogen-bond acceptors (Lipinski definition) is 5. The molecular weight excluding hydrogens is 252 g/mol. The van der Waals surface area contributed by atoms with Crippen LogP contribution in [0.2, 0.25) is 0 Å². The molecule has 0 amide bonds. The second-order valence-corrected chi connectivity index (χ2v) is 7.52. The molecule has 1 aliphatic rings. The number of aliphatic hydroxyl groups is 1. The fraction of sp³-hybridized carbons (Fsp3) is 1.00. The summed E-state index contributed by atoms with van der Waals surface area (Å²) < 4.78 is 22.2. The minimum atomic E-state index is -2.85. The van der Waals surface area contributed by atoms with E-state index in [1.165, 1.54) is 6.26 Å². The van der Waals surface area contributed by atoms with Gasteiger partial charge in [-0.2, -0.15) is 0 Å². The Kier molecular flexibility index (Phi) is 6.55. The summed E-state index contributed by atoms with van der Waals surface area (Å²) >= 11 is 0. The van der Waals surface area contributed by atoms with Crippen LogP contribution in [0.15, 0.2) is 0 Å². The van der Waals surface area contributed by atoms with Crippen LogP contribution in [0.1, 0.15) is 19.3 Å². The van der Waals surface area contributed by atoms with Crippen LogP contribution < -0.4 is 0 Å². The predicted octanol–water partition coefficient (Wildman–Crippen LogP) is -0.190. The van der Waals surface area contributed by atoms with Crippen LogP contribution >= 0.6 is 0 Å². The number of sulfone groups is 1. The average molecular weight is 278 g/mol. The molecule has 0 unspecified atom stereocenters. The molecule has 0 aliphatic carbocycles. The Labute approximate surface area is 111 Å². The largest absolute Gasteiger partial charge is 0.396 e. The van der Waals surface area contributed by atoms with Crippen LogP contribution in [0.4, 0.5) is 0 Å². The molecule has 1 N–H and O–H groups in total. The van der Waals surface area contributed by atoms with E-state index < -0.39 is 9.84 Å². The first-order valence-corrected chi connectivity index (χ1v) is 8.69. The lowest BCUT2D eigenvalue weighted by Gasteiger charge is -2.36. The second kappa shape index (κ2) is 7.43. The molecule has 0 aromatic rings. The summed E-state index contributed by atoms with van der Waals surface area (Å²) in [6.07, 6.45) is 4.30. The van der Waals surface area contributed by atoms with Crippen LogP contribution in [0.25, 0.3) is 0 Å². The van der Waals surface area contributed by atoms with Gasteiger partial charge in [0.15, 0.2) is 0 Å². The Hall–Kier alpha value is -0.170. The number of aliphatic hydroxyl groups excluding tert-OH is 1. The molecule has 0 radical (unpaired) electrons. The van der Waals surface area contributed by atoms with E-state index in [1.807, 2.05) is 0 Å². The van der Waals surface area contributed by atoms with Crippen LogP contribution in [-0.4, -0.2) is 81.2 Å². The summed E-state index contributed by atoms with van der Waals surface area (Å²) in [7, 11) is -0.742. The number of piperidine rings is 1. The predicted molar refractivity (Wildman–Crippen MR) is 73.5 cm³/mol. The third kappa shape index (κ3) is 6.13. The van der Waals surface area contributed by atoms with Crippen LogP contribution in [0.3, 0.4) is 0 Å². The molecule has 0 aromatic carbocycles. The van der Waals surface area contributed by atoms with Crippen molar-refractivity contribution in [2.45, 2.75) is 25.3 Å². The molecule has 1 aliphatic heterocycles. The summed E-state index contributed by atoms with van der Waals surface area (Å²) in [6.45, 7) is 3.79. The highest BCUT2D eigenvalue weighted by Gasteiger charge is 2.22. The maximum Gasteiger partial charge on any atom is 0.148 e. The highest BCUT2D eigenvalue weighted by molar-refractivity contribution is 7.90. The second-order valence-electron chi connectivity index (χ2n) is 5.26. The number of nitrogens with zero attached hydrogens (tertiary/aromatic N) is 2. The Morgan fingerprint density at radius 3 is 2.44 bits per heavy atom. The summed E-state index contributed by atoms with van der Waals surface area (Å²) in [5.74, 6) is 0.262. The zero-order valence-corrected chi connectivity index (χ0v) is 12.3. The molecule has 0 spiro atoms. The first-order valence-electron chi connectivity index (χ1n) is 6.63. The lowest BCUT2D eigenvalue weighted by Crippen LogP contribution is -2.44. The third-order valence-electron chi connectivity index (χ3n) is 3.63. The van der Waals surface area contributed by atoms with Crippen molar-refractivity contribution < 1.29 is 13.5 Å². The third-order valence-corrected chi connectivity index (χ3v) is 4.55. The van der Waals surface area contributed by atoms with Crippen LogP contribution in [0, 0.1) is 0 Å². The SMILES string of the molecule is CN(CCCO)C1CCN(CCS(C)(=O)=O)CC1. The molecule has 1 heterocycles. The van der Waals surface area contributed by atoms with Crippen molar-refractivity contribution in [3.8, 4) is 0 Å². The van der Waals surface area contributed by atoms with Crippen molar-refractivity contribution in [2.24, 2.45) is 0 Å². The van der Waals surface area contributed by atoms with Gasteiger partial charge in [-0.1, -0.05) is 0 Å². The van der Waals surface area contributed by atoms with E-state index in [4.69, 9.17) is 5.11 Å². The molecule has 0 saturated carbocycles. The van der Waals surface area contributed by atoms with Crippen molar-refractivity contribution in [3.63, 3.8) is 0 Å². The monoisotopic (exact) mass is 278 g/mol. The van der Waals surface area contributed by atoms with Gasteiger partial charge >= 0.3 is 0 Å². The van der Waals surface area contributed by atoms with Crippen LogP contribution in [0.5, 0.6) is 0 Å². The molecule has 1 rings (SSSR count). The number of likely N-dealkylation sites (tertiary alicyclic amines) is 1. The summed E-state index contributed by atoms with van der Waals surface area (Å²) in [5, 5.41) is 8.81. The van der Waals surface area contributed by atoms with Gasteiger partial charge in [-0.05, 0) is 39.4 Å². The Morgan fingerprint density at radius 2 is 1.94 bits per heavy atom. The minimum Gasteiger partial charge on any atom is -0.396 e. The fourth-order valence-corrected chi connectivity index (χ4v) is 2.97. The molecule has 0 atom stereocenters. The van der Waals surface area contributed by atoms with E-state index in [0.29, 0.717) is 12.6 Å². The van der Waals surface area contributed by atoms with Crippen molar-refractivity contribution in [1.82, 2.24) is 9.80 Å². The van der Waals surface area contributed by atoms with Crippen molar-refractivity contribution in [2.75, 3.05) is 51.8 Å². The average Bonchev–Trinajstić information content (AvgIpc) is 2.33. The van der Waals surface area contributed by atoms with Gasteiger partial charge in [0.2, 0.25) is 0 Å². The van der Waals surface area contributed by atoms with Gasteiger partial charge in [-0.15, -0.1) is 0 Å². The summed E-state index contributed by atoms with van der Waals surface area (Å²) in [6, 6.07) is 0.575. The Balaban J connectivity index is 2.24. The zero-order valence-electron chi connectivity index (χ0n) is 11.5. The van der Waals surface area contributed by atoms with Crippen LogP contribution in [-0.2, 0) is 9.84 Å². The minimum absolute atomic E-state index is 0.248. The van der Waals surface area contributed by atoms with E-state index in [-0.39, 0.29) is 12.4 Å². The first-order chi connectivity index (χ1) is 8.42. The van der Waals surface area contributed by atoms with E-state index in [9.17, 15) is 8.42 Å². The molecule has 0 bridgehead atoms. The van der Waals surface area contributed by atoms with Gasteiger partial charge in [-0.3, -0.25) is 0 Å². The zero-order chi connectivity index (χ0) is 13.6. The highest BCUT2D eigenvalue weighted by atomic mass is 32.2. The lowest BCUT2D eigenvalue weighted by molar-refractivity contribution is 0.125. The summed E-state index contributed by atoms with van der Waals surface area (Å²) in [4.78, 5) is 4.54. The number of rotatable bonds is 7. The molecule has 6 heteroatoms. The lowest BCUT2D eigenvalue weighted by atomic mass is 10.0. The van der Waals surface area contributed by atoms with E-state index in [0.717, 1.165) is 38.9 Å². The Bertz CT molecular complexity index is 324. The first kappa shape index (κ1) is 15.9. The van der Waals surface area contributed by atoms with Crippen molar-refractivity contribution >= 4 is 9.84 Å². The maximum absolute atomic E-state index is 11.1. The topological polar surface area (TPSA) is 60.9 Å². The van der Waals surface area contributed by atoms with Gasteiger partial charge in [0, 0.05) is 32.0 Å². The standard InChI is InChI=1S/C12H26N2O3S/c1-13(6-3-10-15)12-4-7-14(8-5-12)9-11-18(2,16)17/h12,15H,3-11H2,1-2H3. The van der Waals surface area contributed by atoms with Gasteiger partial charge in [0.25, 0.3) is 0 Å².